The van der Waals surface area contributed by atoms with Gasteiger partial charge in [0.2, 0.25) is 5.82 Å². The van der Waals surface area contributed by atoms with Crippen molar-refractivity contribution in [1.29, 1.82) is 5.26 Å². The van der Waals surface area contributed by atoms with Crippen LogP contribution in [0.3, 0.4) is 0 Å². The van der Waals surface area contributed by atoms with E-state index in [1.165, 1.54) is 12.3 Å². The molecule has 1 fully saturated rings. The third kappa shape index (κ3) is 2.63. The molecule has 1 aliphatic rings. The number of hydrogen-bond acceptors (Lipinski definition) is 6. The fraction of sp³-hybridized carbons (Fsp3) is 0.500. The van der Waals surface area contributed by atoms with Gasteiger partial charge >= 0.3 is 5.69 Å². The van der Waals surface area contributed by atoms with E-state index >= 15 is 0 Å². The largest absolute Gasteiger partial charge is 0.351 e. The van der Waals surface area contributed by atoms with Gasteiger partial charge in [-0.05, 0) is 12.3 Å². The van der Waals surface area contributed by atoms with Crippen LogP contribution in [0.2, 0.25) is 0 Å². The van der Waals surface area contributed by atoms with Crippen LogP contribution in [-0.4, -0.2) is 29.0 Å². The molecule has 2 unspecified atom stereocenters. The van der Waals surface area contributed by atoms with Crippen molar-refractivity contribution in [3.8, 4) is 6.07 Å². The lowest BCUT2D eigenvalue weighted by molar-refractivity contribution is -0.384. The van der Waals surface area contributed by atoms with Crippen LogP contribution in [0.5, 0.6) is 0 Å². The minimum atomic E-state index is -0.498. The molecule has 2 rings (SSSR count). The molecule has 1 saturated heterocycles. The van der Waals surface area contributed by atoms with Crippen molar-refractivity contribution >= 4 is 11.5 Å². The minimum Gasteiger partial charge on any atom is -0.351 e. The second-order valence-electron chi connectivity index (χ2n) is 4.81. The van der Waals surface area contributed by atoms with E-state index in [2.05, 4.69) is 4.98 Å². The summed E-state index contributed by atoms with van der Waals surface area (Å²) in [6.45, 7) is 3.30. The molecular weight excluding hydrogens is 246 g/mol. The molecule has 1 aromatic heterocycles. The summed E-state index contributed by atoms with van der Waals surface area (Å²) in [7, 11) is 0. The Balaban J connectivity index is 2.34. The molecule has 0 aromatic carbocycles. The highest BCUT2D eigenvalue weighted by Gasteiger charge is 2.28. The lowest BCUT2D eigenvalue weighted by atomic mass is 9.95. The molecule has 19 heavy (non-hydrogen) atoms. The molecule has 2 N–H and O–H groups in total. The molecule has 2 heterocycles. The van der Waals surface area contributed by atoms with Gasteiger partial charge in [-0.25, -0.2) is 4.98 Å². The zero-order chi connectivity index (χ0) is 14.0. The zero-order valence-electron chi connectivity index (χ0n) is 10.6. The number of nitro groups is 1. The predicted octanol–water partition coefficient (Wildman–Crippen LogP) is 1.03. The first-order valence-electron chi connectivity index (χ1n) is 6.08. The van der Waals surface area contributed by atoms with Crippen molar-refractivity contribution in [3.63, 3.8) is 0 Å². The van der Waals surface area contributed by atoms with E-state index in [0.29, 0.717) is 18.9 Å². The Labute approximate surface area is 110 Å². The van der Waals surface area contributed by atoms with E-state index < -0.39 is 4.92 Å². The van der Waals surface area contributed by atoms with Gasteiger partial charge in [0.25, 0.3) is 0 Å². The van der Waals surface area contributed by atoms with Gasteiger partial charge in [-0.3, -0.25) is 10.1 Å². The normalized spacial score (nSPS) is 22.9. The number of nitriles is 1. The topological polar surface area (TPSA) is 109 Å². The third-order valence-electron chi connectivity index (χ3n) is 3.44. The smallest absolute Gasteiger partial charge is 0.312 e. The Morgan fingerprint density at radius 2 is 2.42 bits per heavy atom. The van der Waals surface area contributed by atoms with Gasteiger partial charge in [0, 0.05) is 31.4 Å². The van der Waals surface area contributed by atoms with E-state index in [9.17, 15) is 10.1 Å². The summed E-state index contributed by atoms with van der Waals surface area (Å²) in [6.07, 6.45) is 2.14. The summed E-state index contributed by atoms with van der Waals surface area (Å²) in [6, 6.07) is 3.25. The zero-order valence-corrected chi connectivity index (χ0v) is 10.6. The first-order chi connectivity index (χ1) is 9.02. The fourth-order valence-corrected chi connectivity index (χ4v) is 2.24. The highest BCUT2D eigenvalue weighted by Crippen LogP contribution is 2.29. The molecule has 1 aromatic rings. The van der Waals surface area contributed by atoms with Crippen LogP contribution in [0.15, 0.2) is 12.3 Å². The molecule has 0 bridgehead atoms. The lowest BCUT2D eigenvalue weighted by Gasteiger charge is -2.35. The monoisotopic (exact) mass is 261 g/mol. The predicted molar refractivity (Wildman–Crippen MR) is 69.6 cm³/mol. The lowest BCUT2D eigenvalue weighted by Crippen LogP contribution is -2.46. The maximum Gasteiger partial charge on any atom is 0.312 e. The van der Waals surface area contributed by atoms with Crippen molar-refractivity contribution in [2.75, 3.05) is 18.0 Å². The van der Waals surface area contributed by atoms with Crippen molar-refractivity contribution in [2.24, 2.45) is 11.7 Å². The van der Waals surface area contributed by atoms with Gasteiger partial charge in [0.15, 0.2) is 0 Å². The summed E-state index contributed by atoms with van der Waals surface area (Å²) in [5.74, 6) is 0.577. The quantitative estimate of drug-likeness (QED) is 0.629. The molecule has 100 valence electrons. The Bertz CT molecular complexity index is 539. The number of pyridine rings is 1. The van der Waals surface area contributed by atoms with E-state index in [0.717, 1.165) is 6.42 Å². The standard InChI is InChI=1S/C12H15N5O2/c1-8-7-16(3-2-10(8)14)12-11(17(18)19)4-9(5-13)6-15-12/h4,6,8,10H,2-3,7,14H2,1H3. The molecule has 0 radical (unpaired) electrons. The van der Waals surface area contributed by atoms with Crippen molar-refractivity contribution in [3.05, 3.63) is 27.9 Å². The average Bonchev–Trinajstić information content (AvgIpc) is 2.41. The van der Waals surface area contributed by atoms with Crippen molar-refractivity contribution in [2.45, 2.75) is 19.4 Å². The van der Waals surface area contributed by atoms with Crippen molar-refractivity contribution < 1.29 is 4.92 Å². The van der Waals surface area contributed by atoms with Gasteiger partial charge in [-0.2, -0.15) is 5.26 Å². The molecular formula is C12H15N5O2. The molecule has 2 atom stereocenters. The first kappa shape index (κ1) is 13.2. The molecule has 7 nitrogen and oxygen atoms in total. The van der Waals surface area contributed by atoms with Crippen LogP contribution in [0, 0.1) is 27.4 Å². The highest BCUT2D eigenvalue weighted by atomic mass is 16.6. The molecule has 0 saturated carbocycles. The van der Waals surface area contributed by atoms with Crippen LogP contribution in [0.4, 0.5) is 11.5 Å². The van der Waals surface area contributed by atoms with E-state index in [1.54, 1.807) is 0 Å². The Morgan fingerprint density at radius 1 is 1.68 bits per heavy atom. The van der Waals surface area contributed by atoms with E-state index in [-0.39, 0.29) is 23.2 Å². The van der Waals surface area contributed by atoms with Gasteiger partial charge < -0.3 is 10.6 Å². The summed E-state index contributed by atoms with van der Waals surface area (Å²) in [5.41, 5.74) is 6.01. The summed E-state index contributed by atoms with van der Waals surface area (Å²) in [4.78, 5) is 16.5. The van der Waals surface area contributed by atoms with Gasteiger partial charge in [0.05, 0.1) is 10.5 Å². The number of aromatic nitrogens is 1. The second kappa shape index (κ2) is 5.20. The maximum absolute atomic E-state index is 11.1. The fourth-order valence-electron chi connectivity index (χ4n) is 2.24. The SMILES string of the molecule is CC1CN(c2ncc(C#N)cc2[N+](=O)[O-])CCC1N. The van der Waals surface area contributed by atoms with Crippen LogP contribution < -0.4 is 10.6 Å². The minimum absolute atomic E-state index is 0.119. The number of piperidine rings is 1. The summed E-state index contributed by atoms with van der Waals surface area (Å²) < 4.78 is 0. The second-order valence-corrected chi connectivity index (χ2v) is 4.81. The average molecular weight is 261 g/mol. The Morgan fingerprint density at radius 3 is 3.00 bits per heavy atom. The number of anilines is 1. The third-order valence-corrected chi connectivity index (χ3v) is 3.44. The highest BCUT2D eigenvalue weighted by molar-refractivity contribution is 5.60. The van der Waals surface area contributed by atoms with Gasteiger partial charge in [0.1, 0.15) is 6.07 Å². The number of nitrogens with two attached hydrogens (primary N) is 1. The molecule has 0 aliphatic carbocycles. The Hall–Kier alpha value is -2.20. The number of rotatable bonds is 2. The summed E-state index contributed by atoms with van der Waals surface area (Å²) in [5, 5.41) is 19.9. The maximum atomic E-state index is 11.1. The number of hydrogen-bond donors (Lipinski definition) is 1. The molecule has 0 spiro atoms. The summed E-state index contributed by atoms with van der Waals surface area (Å²) >= 11 is 0. The van der Waals surface area contributed by atoms with E-state index in [1.807, 2.05) is 17.9 Å². The molecule has 1 aliphatic heterocycles. The first-order valence-corrected chi connectivity index (χ1v) is 6.08. The molecule has 0 amide bonds. The molecule has 7 heteroatoms. The van der Waals surface area contributed by atoms with Gasteiger partial charge in [-0.1, -0.05) is 6.92 Å². The van der Waals surface area contributed by atoms with Crippen LogP contribution in [0.1, 0.15) is 18.9 Å². The van der Waals surface area contributed by atoms with Crippen molar-refractivity contribution in [1.82, 2.24) is 4.98 Å². The number of nitrogens with zero attached hydrogens (tertiary/aromatic N) is 4. The van der Waals surface area contributed by atoms with Gasteiger partial charge in [-0.15, -0.1) is 0 Å². The van der Waals surface area contributed by atoms with E-state index in [4.69, 9.17) is 11.0 Å². The Kier molecular flexibility index (Phi) is 3.62. The van der Waals surface area contributed by atoms with Crippen LogP contribution in [-0.2, 0) is 0 Å². The van der Waals surface area contributed by atoms with Crippen LogP contribution in [0.25, 0.3) is 0 Å². The van der Waals surface area contributed by atoms with Crippen LogP contribution >= 0.6 is 0 Å².